The molecule has 0 unspecified atom stereocenters. The van der Waals surface area contributed by atoms with Crippen LogP contribution in [0.1, 0.15) is 13.8 Å². The predicted molar refractivity (Wildman–Crippen MR) is 25.9 cm³/mol. The van der Waals surface area contributed by atoms with E-state index in [0.29, 0.717) is 0 Å². The SMILES string of the molecule is CC(C)(CO)C(=O)[O-].[K+]. The van der Waals surface area contributed by atoms with E-state index in [9.17, 15) is 9.90 Å². The molecule has 3 nitrogen and oxygen atoms in total. The summed E-state index contributed by atoms with van der Waals surface area (Å²) >= 11 is 0. The van der Waals surface area contributed by atoms with Crippen molar-refractivity contribution < 1.29 is 66.4 Å². The van der Waals surface area contributed by atoms with Crippen LogP contribution >= 0.6 is 0 Å². The minimum absolute atomic E-state index is 0. The van der Waals surface area contributed by atoms with Crippen LogP contribution in [0.3, 0.4) is 0 Å². The molecule has 0 aliphatic heterocycles. The molecule has 0 amide bonds. The van der Waals surface area contributed by atoms with E-state index < -0.39 is 11.4 Å². The summed E-state index contributed by atoms with van der Waals surface area (Å²) in [6.45, 7) is 2.43. The second-order valence-electron chi connectivity index (χ2n) is 2.33. The molecule has 0 aliphatic rings. The fraction of sp³-hybridized carbons (Fsp3) is 0.800. The third kappa shape index (κ3) is 4.47. The average Bonchev–Trinajstić information content (AvgIpc) is 1.67. The van der Waals surface area contributed by atoms with E-state index in [1.54, 1.807) is 0 Å². The van der Waals surface area contributed by atoms with Gasteiger partial charge in [-0.2, -0.15) is 0 Å². The minimum Gasteiger partial charge on any atom is -0.549 e. The van der Waals surface area contributed by atoms with Crippen LogP contribution in [0.25, 0.3) is 0 Å². The molecule has 0 rings (SSSR count). The topological polar surface area (TPSA) is 60.4 Å². The molecule has 0 fully saturated rings. The molecule has 0 heterocycles. The van der Waals surface area contributed by atoms with Gasteiger partial charge in [0.2, 0.25) is 0 Å². The third-order valence-electron chi connectivity index (χ3n) is 0.948. The molecule has 0 bridgehead atoms. The number of carbonyl (C=O) groups is 1. The molecule has 48 valence electrons. The van der Waals surface area contributed by atoms with Gasteiger partial charge in [-0.3, -0.25) is 0 Å². The Morgan fingerprint density at radius 1 is 1.67 bits per heavy atom. The first-order chi connectivity index (χ1) is 3.50. The Morgan fingerprint density at radius 2 is 2.00 bits per heavy atom. The number of carboxylic acids is 1. The van der Waals surface area contributed by atoms with Gasteiger partial charge in [-0.15, -0.1) is 0 Å². The van der Waals surface area contributed by atoms with Crippen LogP contribution < -0.4 is 56.5 Å². The molecule has 0 aromatic heterocycles. The number of aliphatic hydroxyl groups excluding tert-OH is 1. The smallest absolute Gasteiger partial charge is 0.549 e. The second kappa shape index (κ2) is 4.82. The zero-order valence-corrected chi connectivity index (χ0v) is 9.09. The van der Waals surface area contributed by atoms with Gasteiger partial charge >= 0.3 is 51.4 Å². The zero-order chi connectivity index (χ0) is 6.78. The Bertz CT molecular complexity index is 100. The van der Waals surface area contributed by atoms with Gasteiger partial charge in [0.15, 0.2) is 0 Å². The van der Waals surface area contributed by atoms with Crippen molar-refractivity contribution in [3.63, 3.8) is 0 Å². The van der Waals surface area contributed by atoms with Gasteiger partial charge in [0.05, 0.1) is 6.61 Å². The first kappa shape index (κ1) is 12.7. The van der Waals surface area contributed by atoms with Gasteiger partial charge in [0.1, 0.15) is 0 Å². The molecular formula is C5H9KO3. The Morgan fingerprint density at radius 3 is 2.00 bits per heavy atom. The zero-order valence-electron chi connectivity index (χ0n) is 5.97. The van der Waals surface area contributed by atoms with Crippen molar-refractivity contribution in [2.75, 3.05) is 6.61 Å². The molecule has 9 heavy (non-hydrogen) atoms. The van der Waals surface area contributed by atoms with Crippen LogP contribution in [-0.4, -0.2) is 17.7 Å². The van der Waals surface area contributed by atoms with Gasteiger partial charge in [0, 0.05) is 11.4 Å². The van der Waals surface area contributed by atoms with Crippen molar-refractivity contribution in [2.45, 2.75) is 13.8 Å². The largest absolute Gasteiger partial charge is 1.00 e. The summed E-state index contributed by atoms with van der Waals surface area (Å²) in [6, 6.07) is 0. The maximum absolute atomic E-state index is 9.98. The average molecular weight is 156 g/mol. The summed E-state index contributed by atoms with van der Waals surface area (Å²) in [5.41, 5.74) is -1.10. The fourth-order valence-corrected chi connectivity index (χ4v) is 0.0645. The van der Waals surface area contributed by atoms with E-state index >= 15 is 0 Å². The van der Waals surface area contributed by atoms with Crippen molar-refractivity contribution in [3.05, 3.63) is 0 Å². The quantitative estimate of drug-likeness (QED) is 0.412. The van der Waals surface area contributed by atoms with Gasteiger partial charge < -0.3 is 15.0 Å². The maximum Gasteiger partial charge on any atom is 1.00 e. The number of aliphatic carboxylic acids is 1. The van der Waals surface area contributed by atoms with Crippen LogP contribution in [0, 0.1) is 5.41 Å². The maximum atomic E-state index is 9.98. The van der Waals surface area contributed by atoms with E-state index in [1.807, 2.05) is 0 Å². The molecule has 0 spiro atoms. The summed E-state index contributed by atoms with van der Waals surface area (Å²) < 4.78 is 0. The van der Waals surface area contributed by atoms with Gasteiger partial charge in [0.25, 0.3) is 0 Å². The number of hydrogen-bond donors (Lipinski definition) is 1. The monoisotopic (exact) mass is 156 g/mol. The number of carbonyl (C=O) groups excluding carboxylic acids is 1. The van der Waals surface area contributed by atoms with Crippen molar-refractivity contribution in [1.82, 2.24) is 0 Å². The molecule has 0 atom stereocenters. The normalized spacial score (nSPS) is 10.1. The van der Waals surface area contributed by atoms with E-state index in [2.05, 4.69) is 0 Å². The first-order valence-corrected chi connectivity index (χ1v) is 2.33. The van der Waals surface area contributed by atoms with Gasteiger partial charge in [-0.05, 0) is 0 Å². The fourth-order valence-electron chi connectivity index (χ4n) is 0.0645. The summed E-state index contributed by atoms with van der Waals surface area (Å²) in [4.78, 5) is 9.98. The van der Waals surface area contributed by atoms with Crippen LogP contribution in [-0.2, 0) is 4.79 Å². The number of hydrogen-bond acceptors (Lipinski definition) is 3. The molecule has 0 aromatic carbocycles. The van der Waals surface area contributed by atoms with Crippen LogP contribution in [0.2, 0.25) is 0 Å². The summed E-state index contributed by atoms with van der Waals surface area (Å²) in [7, 11) is 0. The van der Waals surface area contributed by atoms with E-state index in [1.165, 1.54) is 13.8 Å². The number of carboxylic acid groups (broad SMARTS) is 1. The number of aliphatic hydroxyl groups is 1. The van der Waals surface area contributed by atoms with E-state index in [4.69, 9.17) is 5.11 Å². The summed E-state index contributed by atoms with van der Waals surface area (Å²) in [5, 5.41) is 18.3. The van der Waals surface area contributed by atoms with Crippen molar-refractivity contribution in [3.8, 4) is 0 Å². The summed E-state index contributed by atoms with van der Waals surface area (Å²) in [6.07, 6.45) is 0. The molecule has 0 saturated carbocycles. The van der Waals surface area contributed by atoms with Crippen molar-refractivity contribution in [1.29, 1.82) is 0 Å². The van der Waals surface area contributed by atoms with Crippen LogP contribution in [0.15, 0.2) is 0 Å². The molecule has 0 saturated heterocycles. The predicted octanol–water partition coefficient (Wildman–Crippen LogP) is -4.24. The van der Waals surface area contributed by atoms with Gasteiger partial charge in [-0.25, -0.2) is 0 Å². The molecular weight excluding hydrogens is 147 g/mol. The number of rotatable bonds is 2. The molecule has 4 heteroatoms. The Labute approximate surface area is 96.9 Å². The van der Waals surface area contributed by atoms with E-state index in [-0.39, 0.29) is 58.0 Å². The Kier molecular flexibility index (Phi) is 6.81. The van der Waals surface area contributed by atoms with E-state index in [0.717, 1.165) is 0 Å². The Hall–Kier alpha value is 1.07. The molecule has 0 aromatic rings. The third-order valence-corrected chi connectivity index (χ3v) is 0.948. The standard InChI is InChI=1S/C5H10O3.K/c1-5(2,3-6)4(7)8;/h6H,3H2,1-2H3,(H,7,8);/q;+1/p-1. The summed E-state index contributed by atoms with van der Waals surface area (Å²) in [5.74, 6) is -1.22. The minimum atomic E-state index is -1.22. The molecule has 1 N–H and O–H groups in total. The van der Waals surface area contributed by atoms with Crippen molar-refractivity contribution >= 4 is 5.97 Å². The van der Waals surface area contributed by atoms with Crippen LogP contribution in [0.5, 0.6) is 0 Å². The Balaban J connectivity index is 0. The van der Waals surface area contributed by atoms with Gasteiger partial charge in [-0.1, -0.05) is 13.8 Å². The molecule has 0 radical (unpaired) electrons. The second-order valence-corrected chi connectivity index (χ2v) is 2.33. The first-order valence-electron chi connectivity index (χ1n) is 2.33. The van der Waals surface area contributed by atoms with Crippen molar-refractivity contribution in [2.24, 2.45) is 5.41 Å². The van der Waals surface area contributed by atoms with Crippen LogP contribution in [0.4, 0.5) is 0 Å². The molecule has 0 aliphatic carbocycles.